The van der Waals surface area contributed by atoms with Crippen LogP contribution in [0.1, 0.15) is 32.6 Å². The maximum Gasteiger partial charge on any atom is 0.406 e. The van der Waals surface area contributed by atoms with Crippen LogP contribution in [-0.4, -0.2) is 54.0 Å². The second kappa shape index (κ2) is 5.18. The molecule has 2 heterocycles. The van der Waals surface area contributed by atoms with Crippen molar-refractivity contribution in [3.8, 4) is 0 Å². The normalized spacial score (nSPS) is 33.8. The lowest BCUT2D eigenvalue weighted by Gasteiger charge is -2.37. The SMILES string of the molecule is CN1C2CCC1CC(OC(=O)C(C)(CO)C(F)(F)F)C2. The Hall–Kier alpha value is -0.820. The number of fused-ring (bicyclic) bond motifs is 2. The van der Waals surface area contributed by atoms with Crippen molar-refractivity contribution in [2.75, 3.05) is 13.7 Å². The standard InChI is InChI=1S/C13H20F3NO3/c1-12(7-18,13(14,15)16)11(19)20-10-5-8-3-4-9(6-10)17(8)2/h8-10,18H,3-7H2,1-2H3. The highest BCUT2D eigenvalue weighted by atomic mass is 19.4. The first-order valence-corrected chi connectivity index (χ1v) is 6.79. The van der Waals surface area contributed by atoms with Crippen LogP contribution in [0.4, 0.5) is 13.2 Å². The molecular formula is C13H20F3NO3. The number of carbonyl (C=O) groups is 1. The number of piperidine rings is 1. The highest BCUT2D eigenvalue weighted by molar-refractivity contribution is 5.77. The van der Waals surface area contributed by atoms with Gasteiger partial charge in [0.15, 0.2) is 5.41 Å². The van der Waals surface area contributed by atoms with Crippen molar-refractivity contribution < 1.29 is 27.8 Å². The van der Waals surface area contributed by atoms with E-state index in [0.717, 1.165) is 12.8 Å². The third kappa shape index (κ3) is 2.53. The summed E-state index contributed by atoms with van der Waals surface area (Å²) in [6, 6.07) is 0.552. The van der Waals surface area contributed by atoms with Crippen molar-refractivity contribution in [2.45, 2.75) is 57.0 Å². The number of alkyl halides is 3. The molecule has 2 fully saturated rings. The van der Waals surface area contributed by atoms with Gasteiger partial charge in [0.2, 0.25) is 0 Å². The molecule has 3 atom stereocenters. The molecule has 0 aromatic heterocycles. The maximum atomic E-state index is 12.9. The van der Waals surface area contributed by atoms with Crippen molar-refractivity contribution in [3.05, 3.63) is 0 Å². The Morgan fingerprint density at radius 3 is 2.20 bits per heavy atom. The number of halogens is 3. The molecule has 2 saturated heterocycles. The zero-order valence-electron chi connectivity index (χ0n) is 11.6. The number of aliphatic hydroxyl groups excluding tert-OH is 1. The van der Waals surface area contributed by atoms with Gasteiger partial charge >= 0.3 is 12.1 Å². The van der Waals surface area contributed by atoms with Crippen LogP contribution in [0, 0.1) is 5.41 Å². The largest absolute Gasteiger partial charge is 0.462 e. The first kappa shape index (κ1) is 15.6. The van der Waals surface area contributed by atoms with Crippen LogP contribution < -0.4 is 0 Å². The first-order chi connectivity index (χ1) is 9.19. The minimum absolute atomic E-state index is 0.276. The molecule has 116 valence electrons. The minimum atomic E-state index is -4.82. The molecule has 2 aliphatic heterocycles. The van der Waals surface area contributed by atoms with Gasteiger partial charge in [0, 0.05) is 12.1 Å². The highest BCUT2D eigenvalue weighted by Crippen LogP contribution is 2.41. The molecule has 0 spiro atoms. The van der Waals surface area contributed by atoms with E-state index in [9.17, 15) is 18.0 Å². The average molecular weight is 295 g/mol. The minimum Gasteiger partial charge on any atom is -0.462 e. The van der Waals surface area contributed by atoms with Gasteiger partial charge in [0.25, 0.3) is 0 Å². The predicted octanol–water partition coefficient (Wildman–Crippen LogP) is 1.72. The van der Waals surface area contributed by atoms with E-state index in [1.807, 2.05) is 7.05 Å². The maximum absolute atomic E-state index is 12.9. The molecule has 0 aliphatic carbocycles. The molecule has 0 radical (unpaired) electrons. The van der Waals surface area contributed by atoms with E-state index in [-0.39, 0.29) is 12.1 Å². The number of esters is 1. The number of aliphatic hydroxyl groups is 1. The molecule has 3 unspecified atom stereocenters. The summed E-state index contributed by atoms with van der Waals surface area (Å²) >= 11 is 0. The zero-order valence-corrected chi connectivity index (χ0v) is 11.6. The van der Waals surface area contributed by atoms with Crippen molar-refractivity contribution >= 4 is 5.97 Å². The van der Waals surface area contributed by atoms with Crippen LogP contribution >= 0.6 is 0 Å². The predicted molar refractivity (Wildman–Crippen MR) is 64.9 cm³/mol. The number of hydrogen-bond donors (Lipinski definition) is 1. The van der Waals surface area contributed by atoms with Gasteiger partial charge in [0.05, 0.1) is 6.61 Å². The second-order valence-electron chi connectivity index (χ2n) is 6.04. The molecule has 0 aromatic rings. The summed E-state index contributed by atoms with van der Waals surface area (Å²) in [5, 5.41) is 8.95. The van der Waals surface area contributed by atoms with Crippen LogP contribution in [-0.2, 0) is 9.53 Å². The van der Waals surface area contributed by atoms with Crippen LogP contribution in [0.3, 0.4) is 0 Å². The second-order valence-corrected chi connectivity index (χ2v) is 6.04. The number of ether oxygens (including phenoxy) is 1. The lowest BCUT2D eigenvalue weighted by atomic mass is 9.90. The topological polar surface area (TPSA) is 49.8 Å². The van der Waals surface area contributed by atoms with Crippen LogP contribution in [0.25, 0.3) is 0 Å². The van der Waals surface area contributed by atoms with E-state index < -0.39 is 30.3 Å². The fraction of sp³-hybridized carbons (Fsp3) is 0.923. The van der Waals surface area contributed by atoms with Crippen molar-refractivity contribution in [2.24, 2.45) is 5.41 Å². The van der Waals surface area contributed by atoms with Gasteiger partial charge in [-0.2, -0.15) is 13.2 Å². The highest BCUT2D eigenvalue weighted by Gasteiger charge is 2.58. The molecular weight excluding hydrogens is 275 g/mol. The van der Waals surface area contributed by atoms with E-state index in [4.69, 9.17) is 9.84 Å². The summed E-state index contributed by atoms with van der Waals surface area (Å²) in [7, 11) is 1.99. The Labute approximate surface area is 115 Å². The Morgan fingerprint density at radius 2 is 1.80 bits per heavy atom. The lowest BCUT2D eigenvalue weighted by molar-refractivity contribution is -0.241. The van der Waals surface area contributed by atoms with Crippen molar-refractivity contribution in [3.63, 3.8) is 0 Å². The third-order valence-corrected chi connectivity index (χ3v) is 4.72. The summed E-state index contributed by atoms with van der Waals surface area (Å²) in [5.74, 6) is -1.37. The summed E-state index contributed by atoms with van der Waals surface area (Å²) in [6.45, 7) is -0.617. The van der Waals surface area contributed by atoms with E-state index >= 15 is 0 Å². The van der Waals surface area contributed by atoms with E-state index in [1.165, 1.54) is 0 Å². The third-order valence-electron chi connectivity index (χ3n) is 4.72. The monoisotopic (exact) mass is 295 g/mol. The van der Waals surface area contributed by atoms with Gasteiger partial charge in [-0.25, -0.2) is 0 Å². The molecule has 2 aliphatic rings. The van der Waals surface area contributed by atoms with E-state index in [0.29, 0.717) is 19.8 Å². The first-order valence-electron chi connectivity index (χ1n) is 6.79. The Kier molecular flexibility index (Phi) is 4.03. The molecule has 2 rings (SSSR count). The van der Waals surface area contributed by atoms with Crippen molar-refractivity contribution in [1.29, 1.82) is 0 Å². The summed E-state index contributed by atoms with van der Waals surface area (Å²) in [5.41, 5.74) is -2.84. The zero-order chi connectivity index (χ0) is 15.1. The van der Waals surface area contributed by atoms with Gasteiger partial charge < -0.3 is 14.7 Å². The van der Waals surface area contributed by atoms with Gasteiger partial charge in [-0.1, -0.05) is 0 Å². The average Bonchev–Trinajstić information content (AvgIpc) is 2.60. The molecule has 0 amide bonds. The van der Waals surface area contributed by atoms with E-state index in [2.05, 4.69) is 4.90 Å². The van der Waals surface area contributed by atoms with Gasteiger partial charge in [0.1, 0.15) is 6.10 Å². The molecule has 0 saturated carbocycles. The number of carbonyl (C=O) groups excluding carboxylic acids is 1. The molecule has 7 heteroatoms. The smallest absolute Gasteiger partial charge is 0.406 e. The summed E-state index contributed by atoms with van der Waals surface area (Å²) < 4.78 is 43.7. The Morgan fingerprint density at radius 1 is 1.30 bits per heavy atom. The lowest BCUT2D eigenvalue weighted by Crippen LogP contribution is -2.50. The summed E-state index contributed by atoms with van der Waals surface area (Å²) in [4.78, 5) is 14.0. The molecule has 20 heavy (non-hydrogen) atoms. The number of rotatable bonds is 3. The Balaban J connectivity index is 2.02. The number of hydrogen-bond acceptors (Lipinski definition) is 4. The molecule has 0 aromatic carbocycles. The van der Waals surface area contributed by atoms with Gasteiger partial charge in [-0.05, 0) is 39.7 Å². The van der Waals surface area contributed by atoms with Crippen molar-refractivity contribution in [1.82, 2.24) is 4.90 Å². The van der Waals surface area contributed by atoms with Gasteiger partial charge in [-0.3, -0.25) is 4.79 Å². The number of nitrogens with zero attached hydrogens (tertiary/aromatic N) is 1. The quantitative estimate of drug-likeness (QED) is 0.805. The van der Waals surface area contributed by atoms with Crippen LogP contribution in [0.15, 0.2) is 0 Å². The molecule has 4 nitrogen and oxygen atoms in total. The van der Waals surface area contributed by atoms with Crippen LogP contribution in [0.5, 0.6) is 0 Å². The Bertz CT molecular complexity index is 374. The van der Waals surface area contributed by atoms with Crippen LogP contribution in [0.2, 0.25) is 0 Å². The van der Waals surface area contributed by atoms with E-state index in [1.54, 1.807) is 0 Å². The fourth-order valence-corrected chi connectivity index (χ4v) is 3.01. The summed E-state index contributed by atoms with van der Waals surface area (Å²) in [6.07, 6.45) is -2.18. The van der Waals surface area contributed by atoms with Gasteiger partial charge in [-0.15, -0.1) is 0 Å². The molecule has 2 bridgehead atoms. The fourth-order valence-electron chi connectivity index (χ4n) is 3.01. The molecule has 1 N–H and O–H groups in total.